The number of carboxylic acid groups (broad SMARTS) is 1. The number of aryl methyl sites for hydroxylation is 1. The molecule has 0 amide bonds. The third-order valence-electron chi connectivity index (χ3n) is 2.63. The molecule has 0 unspecified atom stereocenters. The number of anilines is 1. The fraction of sp³-hybridized carbons (Fsp3) is 0.455. The molecule has 2 rings (SSSR count). The quantitative estimate of drug-likeness (QED) is 0.794. The van der Waals surface area contributed by atoms with Gasteiger partial charge >= 0.3 is 5.97 Å². The van der Waals surface area contributed by atoms with Gasteiger partial charge in [-0.25, -0.2) is 9.78 Å². The molecule has 2 N–H and O–H groups in total. The molecule has 80 valence electrons. The van der Waals surface area contributed by atoms with E-state index in [0.29, 0.717) is 5.82 Å². The van der Waals surface area contributed by atoms with Crippen molar-refractivity contribution in [3.63, 3.8) is 0 Å². The second-order valence-corrected chi connectivity index (χ2v) is 4.37. The van der Waals surface area contributed by atoms with Gasteiger partial charge in [0.15, 0.2) is 0 Å². The Morgan fingerprint density at radius 2 is 2.20 bits per heavy atom. The van der Waals surface area contributed by atoms with Crippen molar-refractivity contribution in [3.05, 3.63) is 23.4 Å². The highest BCUT2D eigenvalue weighted by atomic mass is 16.4. The zero-order valence-corrected chi connectivity index (χ0v) is 8.87. The molecule has 0 atom stereocenters. The van der Waals surface area contributed by atoms with Crippen LogP contribution in [0.1, 0.15) is 35.8 Å². The second kappa shape index (κ2) is 3.22. The number of pyridine rings is 1. The lowest BCUT2D eigenvalue weighted by atomic mass is 10.2. The van der Waals surface area contributed by atoms with Gasteiger partial charge in [-0.3, -0.25) is 0 Å². The first-order valence-corrected chi connectivity index (χ1v) is 4.99. The highest BCUT2D eigenvalue weighted by Gasteiger charge is 2.37. The van der Waals surface area contributed by atoms with Crippen LogP contribution < -0.4 is 5.32 Å². The first-order chi connectivity index (χ1) is 6.98. The normalized spacial score (nSPS) is 17.2. The molecule has 1 aromatic rings. The molecule has 1 heterocycles. The number of nitrogens with zero attached hydrogens (tertiary/aromatic N) is 1. The maximum Gasteiger partial charge on any atom is 0.335 e. The van der Waals surface area contributed by atoms with E-state index in [0.717, 1.165) is 18.5 Å². The van der Waals surface area contributed by atoms with Crippen LogP contribution in [0.15, 0.2) is 12.1 Å². The van der Waals surface area contributed by atoms with Crippen LogP contribution in [0.5, 0.6) is 0 Å². The average Bonchev–Trinajstić information content (AvgIpc) is 2.81. The van der Waals surface area contributed by atoms with Gasteiger partial charge in [-0.1, -0.05) is 0 Å². The number of carbonyl (C=O) groups is 1. The maximum atomic E-state index is 10.8. The molecule has 0 aliphatic heterocycles. The first kappa shape index (κ1) is 9.96. The summed E-state index contributed by atoms with van der Waals surface area (Å²) >= 11 is 0. The summed E-state index contributed by atoms with van der Waals surface area (Å²) in [4.78, 5) is 15.1. The van der Waals surface area contributed by atoms with Gasteiger partial charge in [-0.15, -0.1) is 0 Å². The van der Waals surface area contributed by atoms with Crippen molar-refractivity contribution in [2.75, 3.05) is 5.32 Å². The summed E-state index contributed by atoms with van der Waals surface area (Å²) in [7, 11) is 0. The van der Waals surface area contributed by atoms with E-state index in [1.807, 2.05) is 0 Å². The van der Waals surface area contributed by atoms with Gasteiger partial charge in [0.2, 0.25) is 0 Å². The van der Waals surface area contributed by atoms with Crippen LogP contribution in [0.3, 0.4) is 0 Å². The molecule has 1 aliphatic carbocycles. The van der Waals surface area contributed by atoms with E-state index in [4.69, 9.17) is 5.11 Å². The van der Waals surface area contributed by atoms with Crippen LogP contribution in [0.2, 0.25) is 0 Å². The zero-order valence-electron chi connectivity index (χ0n) is 8.87. The second-order valence-electron chi connectivity index (χ2n) is 4.37. The van der Waals surface area contributed by atoms with Crippen molar-refractivity contribution in [2.24, 2.45) is 0 Å². The van der Waals surface area contributed by atoms with E-state index in [1.165, 1.54) is 0 Å². The molecule has 1 saturated carbocycles. The van der Waals surface area contributed by atoms with Crippen LogP contribution in [-0.4, -0.2) is 21.6 Å². The smallest absolute Gasteiger partial charge is 0.335 e. The zero-order chi connectivity index (χ0) is 11.1. The van der Waals surface area contributed by atoms with Gasteiger partial charge in [0.25, 0.3) is 0 Å². The highest BCUT2D eigenvalue weighted by molar-refractivity contribution is 5.88. The van der Waals surface area contributed by atoms with Crippen LogP contribution in [0.25, 0.3) is 0 Å². The van der Waals surface area contributed by atoms with E-state index in [1.54, 1.807) is 19.1 Å². The Bertz CT molecular complexity index is 411. The van der Waals surface area contributed by atoms with Gasteiger partial charge in [0.1, 0.15) is 5.82 Å². The predicted molar refractivity (Wildman–Crippen MR) is 57.2 cm³/mol. The molecule has 0 aromatic carbocycles. The lowest BCUT2D eigenvalue weighted by Gasteiger charge is -2.13. The Kier molecular flexibility index (Phi) is 2.14. The van der Waals surface area contributed by atoms with Crippen LogP contribution in [0.4, 0.5) is 5.82 Å². The molecule has 4 heteroatoms. The standard InChI is InChI=1S/C11H14N2O2/c1-7-5-8(10(14)15)6-9(12-7)13-11(2)3-4-11/h5-6H,3-4H2,1-2H3,(H,12,13)(H,14,15). The monoisotopic (exact) mass is 206 g/mol. The summed E-state index contributed by atoms with van der Waals surface area (Å²) < 4.78 is 0. The van der Waals surface area contributed by atoms with Crippen molar-refractivity contribution < 1.29 is 9.90 Å². The minimum Gasteiger partial charge on any atom is -0.478 e. The average molecular weight is 206 g/mol. The van der Waals surface area contributed by atoms with Crippen molar-refractivity contribution in [1.82, 2.24) is 4.98 Å². The number of rotatable bonds is 3. The number of nitrogens with one attached hydrogen (secondary N) is 1. The summed E-state index contributed by atoms with van der Waals surface area (Å²) in [6.07, 6.45) is 2.23. The van der Waals surface area contributed by atoms with Crippen molar-refractivity contribution in [3.8, 4) is 0 Å². The Hall–Kier alpha value is -1.58. The van der Waals surface area contributed by atoms with Crippen LogP contribution >= 0.6 is 0 Å². The fourth-order valence-electron chi connectivity index (χ4n) is 1.48. The molecule has 0 bridgehead atoms. The van der Waals surface area contributed by atoms with Gasteiger partial charge in [-0.2, -0.15) is 0 Å². The third kappa shape index (κ3) is 2.26. The van der Waals surface area contributed by atoms with Gasteiger partial charge < -0.3 is 10.4 Å². The molecule has 4 nitrogen and oxygen atoms in total. The number of carboxylic acids is 1. The summed E-state index contributed by atoms with van der Waals surface area (Å²) in [6.45, 7) is 3.91. The van der Waals surface area contributed by atoms with Crippen molar-refractivity contribution in [2.45, 2.75) is 32.2 Å². The molecule has 1 aliphatic rings. The van der Waals surface area contributed by atoms with Gasteiger partial charge in [0.05, 0.1) is 5.56 Å². The minimum absolute atomic E-state index is 0.122. The highest BCUT2D eigenvalue weighted by Crippen LogP contribution is 2.37. The number of aromatic carboxylic acids is 1. The van der Waals surface area contributed by atoms with E-state index >= 15 is 0 Å². The summed E-state index contributed by atoms with van der Waals surface area (Å²) in [5, 5.41) is 12.1. The predicted octanol–water partition coefficient (Wildman–Crippen LogP) is 2.05. The molecular formula is C11H14N2O2. The Morgan fingerprint density at radius 1 is 1.53 bits per heavy atom. The van der Waals surface area contributed by atoms with E-state index < -0.39 is 5.97 Å². The molecule has 0 saturated heterocycles. The topological polar surface area (TPSA) is 62.2 Å². The van der Waals surface area contributed by atoms with Gasteiger partial charge in [-0.05, 0) is 38.8 Å². The van der Waals surface area contributed by atoms with Crippen LogP contribution in [-0.2, 0) is 0 Å². The van der Waals surface area contributed by atoms with Crippen molar-refractivity contribution in [1.29, 1.82) is 0 Å². The van der Waals surface area contributed by atoms with E-state index in [9.17, 15) is 4.79 Å². The third-order valence-corrected chi connectivity index (χ3v) is 2.63. The molecule has 1 aromatic heterocycles. The fourth-order valence-corrected chi connectivity index (χ4v) is 1.48. The molecule has 0 spiro atoms. The van der Waals surface area contributed by atoms with E-state index in [2.05, 4.69) is 17.2 Å². The lowest BCUT2D eigenvalue weighted by molar-refractivity contribution is 0.0696. The molecule has 0 radical (unpaired) electrons. The van der Waals surface area contributed by atoms with Gasteiger partial charge in [0, 0.05) is 11.2 Å². The Balaban J connectivity index is 2.27. The summed E-state index contributed by atoms with van der Waals surface area (Å²) in [6, 6.07) is 3.15. The number of hydrogen-bond donors (Lipinski definition) is 2. The minimum atomic E-state index is -0.912. The van der Waals surface area contributed by atoms with Crippen molar-refractivity contribution >= 4 is 11.8 Å². The maximum absolute atomic E-state index is 10.8. The van der Waals surface area contributed by atoms with Crippen LogP contribution in [0, 0.1) is 6.92 Å². The Morgan fingerprint density at radius 3 is 2.73 bits per heavy atom. The largest absolute Gasteiger partial charge is 0.478 e. The lowest BCUT2D eigenvalue weighted by Crippen LogP contribution is -2.17. The van der Waals surface area contributed by atoms with E-state index in [-0.39, 0.29) is 11.1 Å². The molecular weight excluding hydrogens is 192 g/mol. The molecule has 1 fully saturated rings. The summed E-state index contributed by atoms with van der Waals surface area (Å²) in [5.41, 5.74) is 1.13. The Labute approximate surface area is 88.3 Å². The first-order valence-electron chi connectivity index (χ1n) is 4.99. The molecule has 15 heavy (non-hydrogen) atoms. The summed E-state index contributed by atoms with van der Waals surface area (Å²) in [5.74, 6) is -0.253. The number of aromatic nitrogens is 1. The SMILES string of the molecule is Cc1cc(C(=O)O)cc(NC2(C)CC2)n1. The number of hydrogen-bond acceptors (Lipinski definition) is 3.